The number of aliphatic carboxylic acids is 4. The zero-order chi connectivity index (χ0) is 46.4. The number of hydrogen-bond acceptors (Lipinski definition) is 8. The van der Waals surface area contributed by atoms with Gasteiger partial charge in [-0.15, -0.1) is 0 Å². The van der Waals surface area contributed by atoms with E-state index < -0.39 is 23.9 Å². The van der Waals surface area contributed by atoms with Crippen molar-refractivity contribution >= 4 is 61.8 Å². The van der Waals surface area contributed by atoms with Crippen LogP contribution in [0.1, 0.15) is 55.4 Å². The summed E-state index contributed by atoms with van der Waals surface area (Å²) in [6, 6.07) is 60.7. The van der Waals surface area contributed by atoms with E-state index in [-0.39, 0.29) is 27.7 Å². The molecule has 340 valence electrons. The molecule has 6 rings (SSSR count). The quantitative estimate of drug-likeness (QED) is 0.123. The Morgan fingerprint density at radius 1 is 0.371 bits per heavy atom. The van der Waals surface area contributed by atoms with E-state index in [1.54, 1.807) is 0 Å². The maximum absolute atomic E-state index is 9.26. The van der Waals surface area contributed by atoms with Gasteiger partial charge < -0.3 is 39.6 Å². The van der Waals surface area contributed by atoms with Crippen LogP contribution in [0, 0.1) is 10.7 Å². The lowest BCUT2D eigenvalue weighted by atomic mass is 10.4. The van der Waals surface area contributed by atoms with Crippen LogP contribution in [0.25, 0.3) is 0 Å². The van der Waals surface area contributed by atoms with Crippen molar-refractivity contribution in [3.63, 3.8) is 0 Å². The van der Waals surface area contributed by atoms with Crippen LogP contribution in [0.5, 0.6) is 0 Å². The van der Waals surface area contributed by atoms with E-state index in [1.165, 1.54) is 24.6 Å². The standard InChI is InChI=1S/3C6H6I.3C6H6S.2C3H6O2.2C2H4O2.2CH4/c6*7-6-4-2-1-3-5-6;2*1-2-3(4)5;2*1-2(3)4;;/h6*1-5,7H;2*2H2,1H3,(H,4,5);2*1H3,(H,3,4);2*1H4/q3*+1;;;;;;;;;/p-1. The summed E-state index contributed by atoms with van der Waals surface area (Å²) < 4.78 is 4.00. The molecule has 0 bridgehead atoms. The van der Waals surface area contributed by atoms with Gasteiger partial charge in [-0.25, -0.2) is 0 Å². The fourth-order valence-electron chi connectivity index (χ4n) is 2.58. The van der Waals surface area contributed by atoms with E-state index in [4.69, 9.17) is 19.8 Å². The van der Waals surface area contributed by atoms with Crippen LogP contribution in [0.3, 0.4) is 0 Å². The van der Waals surface area contributed by atoms with E-state index in [0.717, 1.165) is 28.5 Å². The summed E-state index contributed by atoms with van der Waals surface area (Å²) >= 11 is 16.1. The van der Waals surface area contributed by atoms with Crippen molar-refractivity contribution in [3.05, 3.63) is 193 Å². The zero-order valence-corrected chi connectivity index (χ0v) is 43.7. The maximum Gasteiger partial charge on any atom is 0.296 e. The molecule has 0 aliphatic carbocycles. The van der Waals surface area contributed by atoms with E-state index >= 15 is 0 Å². The van der Waals surface area contributed by atoms with Crippen LogP contribution in [0.4, 0.5) is 0 Å². The average molecular weight is 1240 g/mol. The van der Waals surface area contributed by atoms with Gasteiger partial charge in [-0.3, -0.25) is 0 Å². The van der Waals surface area contributed by atoms with Crippen molar-refractivity contribution in [1.82, 2.24) is 0 Å². The monoisotopic (exact) mass is 1240 g/mol. The molecule has 14 heteroatoms. The predicted octanol–water partition coefficient (Wildman–Crippen LogP) is -5.33. The Hall–Kier alpha value is -3.56. The smallest absolute Gasteiger partial charge is 0.296 e. The number of carbonyl (C=O) groups excluding carboxylic acids is 4. The lowest BCUT2D eigenvalue weighted by Gasteiger charge is -1.87. The predicted molar refractivity (Wildman–Crippen MR) is 250 cm³/mol. The number of carboxylic acids is 4. The fraction of sp³-hybridized carbons (Fsp3) is 0.167. The third kappa shape index (κ3) is 73.9. The SMILES string of the molecule is C.C.CC(=O)[O-].CC(=O)[O-].CCC(=O)[O-].CCC(=O)[O-].[IH+]c1ccccc1.[IH+]c1ccccc1.[IH+]c1ccccc1.[SH2+]c1ccccc1.[SH2+]c1ccccc1.[SH2+]c1ccccc1. The first-order valence-corrected chi connectivity index (χ1v) is 22.6. The summed E-state index contributed by atoms with van der Waals surface area (Å²) in [5.41, 5.74) is 0. The molecule has 0 fully saturated rings. The Bertz CT molecular complexity index is 1530. The lowest BCUT2D eigenvalue weighted by molar-refractivity contribution is -0.328. The number of halogens is 3. The number of rotatable bonds is 2. The second kappa shape index (κ2) is 53.6. The Morgan fingerprint density at radius 2 is 0.484 bits per heavy atom. The molecule has 6 aromatic carbocycles. The van der Waals surface area contributed by atoms with E-state index in [1.807, 2.05) is 213 Å². The molecule has 0 radical (unpaired) electrons. The first-order valence-electron chi connectivity index (χ1n) is 17.6. The third-order valence-electron chi connectivity index (χ3n) is 5.13. The van der Waals surface area contributed by atoms with Crippen LogP contribution in [-0.4, -0.2) is 23.9 Å². The minimum atomic E-state index is -1.08. The van der Waals surface area contributed by atoms with Crippen LogP contribution in [0.15, 0.2) is 197 Å². The molecule has 0 saturated carbocycles. The second-order valence-electron chi connectivity index (χ2n) is 10.5. The molecule has 0 atom stereocenters. The van der Waals surface area contributed by atoms with Crippen LogP contribution in [-0.2, 0) is 57.1 Å². The molecule has 0 aliphatic rings. The zero-order valence-electron chi connectivity index (χ0n) is 33.7. The molecule has 6 aromatic rings. The molecule has 0 N–H and O–H groups in total. The molecule has 0 unspecified atom stereocenters. The van der Waals surface area contributed by atoms with Gasteiger partial charge in [0.05, 0.1) is 0 Å². The Kier molecular flexibility index (Phi) is 60.6. The molecule has 8 nitrogen and oxygen atoms in total. The van der Waals surface area contributed by atoms with Crippen LogP contribution >= 0.6 is 0 Å². The summed E-state index contributed by atoms with van der Waals surface area (Å²) in [7, 11) is 0. The molecule has 0 spiro atoms. The van der Waals surface area contributed by atoms with Crippen LogP contribution in [0.2, 0.25) is 0 Å². The number of hydrogen-bond donors (Lipinski definition) is 0. The Labute approximate surface area is 427 Å². The van der Waals surface area contributed by atoms with Gasteiger partial charge in [0, 0.05) is 23.9 Å². The van der Waals surface area contributed by atoms with Gasteiger partial charge in [-0.05, 0) is 137 Å². The van der Waals surface area contributed by atoms with Gasteiger partial charge in [-0.2, -0.15) is 0 Å². The first kappa shape index (κ1) is 70.1. The molecule has 0 saturated heterocycles. The fourth-order valence-corrected chi connectivity index (χ4v) is 4.50. The van der Waals surface area contributed by atoms with Crippen molar-refractivity contribution in [2.24, 2.45) is 0 Å². The highest BCUT2D eigenvalue weighted by atomic mass is 127. The molecular weight excluding hydrogens is 1180 g/mol. The van der Waals surface area contributed by atoms with Gasteiger partial charge in [-0.1, -0.05) is 138 Å². The molecule has 62 heavy (non-hydrogen) atoms. The highest BCUT2D eigenvalue weighted by Crippen LogP contribution is 1.94. The van der Waals surface area contributed by atoms with E-state index in [9.17, 15) is 19.8 Å². The van der Waals surface area contributed by atoms with Crippen molar-refractivity contribution in [2.45, 2.75) is 70.1 Å². The summed E-state index contributed by atoms with van der Waals surface area (Å²) in [6.07, 6.45) is 0.222. The maximum atomic E-state index is 9.26. The Balaban J connectivity index is -0.000000141. The van der Waals surface area contributed by atoms with Gasteiger partial charge in [0.1, 0.15) is 14.7 Å². The van der Waals surface area contributed by atoms with Crippen molar-refractivity contribution in [2.75, 3.05) is 0 Å². The van der Waals surface area contributed by atoms with Crippen molar-refractivity contribution < 1.29 is 107 Å². The summed E-state index contributed by atoms with van der Waals surface area (Å²) in [5, 5.41) is 36.3. The number of benzene rings is 6. The number of carbonyl (C=O) groups is 4. The molecule has 0 aliphatic heterocycles. The van der Waals surface area contributed by atoms with Crippen LogP contribution < -0.4 is 88.2 Å². The van der Waals surface area contributed by atoms with E-state index in [0.29, 0.717) is 0 Å². The first-order chi connectivity index (χ1) is 28.4. The summed E-state index contributed by atoms with van der Waals surface area (Å²) in [5.74, 6) is -4.16. The summed E-state index contributed by atoms with van der Waals surface area (Å²) in [6.45, 7) is 5.02. The highest BCUT2D eigenvalue weighted by molar-refractivity contribution is 7.59. The second-order valence-corrected chi connectivity index (χ2v) is 16.2. The van der Waals surface area contributed by atoms with Gasteiger partial charge in [0.15, 0.2) is 10.7 Å². The molecular formula is C48H63I3O8S3+2. The summed E-state index contributed by atoms with van der Waals surface area (Å²) in [4.78, 5) is 39.7. The lowest BCUT2D eigenvalue weighted by Crippen LogP contribution is -3.34. The molecule has 0 heterocycles. The average Bonchev–Trinajstić information content (AvgIpc) is 3.21. The highest BCUT2D eigenvalue weighted by Gasteiger charge is 1.87. The van der Waals surface area contributed by atoms with Crippen molar-refractivity contribution in [3.8, 4) is 0 Å². The number of carboxylic acid groups (broad SMARTS) is 4. The largest absolute Gasteiger partial charge is 0.550 e. The molecule has 0 aromatic heterocycles. The normalized spacial score (nSPS) is 7.90. The van der Waals surface area contributed by atoms with Gasteiger partial charge in [0.2, 0.25) is 0 Å². The van der Waals surface area contributed by atoms with Gasteiger partial charge >= 0.3 is 0 Å². The minimum absolute atomic E-state index is 0. The van der Waals surface area contributed by atoms with E-state index in [2.05, 4.69) is 74.3 Å². The minimum Gasteiger partial charge on any atom is -0.550 e. The third-order valence-corrected chi connectivity index (χ3v) is 8.46. The molecule has 0 amide bonds. The topological polar surface area (TPSA) is 161 Å². The van der Waals surface area contributed by atoms with Gasteiger partial charge in [0.25, 0.3) is 67.8 Å². The van der Waals surface area contributed by atoms with Crippen molar-refractivity contribution in [1.29, 1.82) is 0 Å². The Morgan fingerprint density at radius 3 is 0.532 bits per heavy atom.